The number of rotatable bonds is 3. The average molecular weight is 345 g/mol. The van der Waals surface area contributed by atoms with E-state index in [1.165, 1.54) is 0 Å². The molecule has 3 rings (SSSR count). The Morgan fingerprint density at radius 3 is 2.61 bits per heavy atom. The van der Waals surface area contributed by atoms with Crippen LogP contribution in [0.25, 0.3) is 10.8 Å². The lowest BCUT2D eigenvalue weighted by atomic mass is 9.99. The molecule has 0 saturated heterocycles. The zero-order valence-corrected chi connectivity index (χ0v) is 13.9. The molecular formula is C18H14Cl2N2O. The van der Waals surface area contributed by atoms with Crippen molar-refractivity contribution in [3.63, 3.8) is 0 Å². The van der Waals surface area contributed by atoms with Crippen LogP contribution in [0.1, 0.15) is 29.0 Å². The molecule has 1 unspecified atom stereocenters. The van der Waals surface area contributed by atoms with Gasteiger partial charge < -0.3 is 5.32 Å². The third-order valence-corrected chi connectivity index (χ3v) is 4.18. The molecule has 0 bridgehead atoms. The van der Waals surface area contributed by atoms with Crippen molar-refractivity contribution in [1.29, 1.82) is 0 Å². The van der Waals surface area contributed by atoms with Crippen molar-refractivity contribution in [1.82, 2.24) is 10.3 Å². The van der Waals surface area contributed by atoms with Crippen LogP contribution in [0.3, 0.4) is 0 Å². The molecule has 5 heteroatoms. The van der Waals surface area contributed by atoms with E-state index >= 15 is 0 Å². The summed E-state index contributed by atoms with van der Waals surface area (Å²) in [6, 6.07) is 17.0. The first-order chi connectivity index (χ1) is 11.1. The molecule has 1 atom stereocenters. The first kappa shape index (κ1) is 15.8. The standard InChI is InChI=1S/C18H14Cl2N2O/c1-11(13-8-4-6-12-5-2-3-7-14(12)13)21-18(23)17-15(19)9-10-16(20)22-17/h2-11H,1H3,(H,21,23). The highest BCUT2D eigenvalue weighted by molar-refractivity contribution is 6.34. The Morgan fingerprint density at radius 1 is 1.04 bits per heavy atom. The summed E-state index contributed by atoms with van der Waals surface area (Å²) in [5.74, 6) is -0.349. The molecule has 0 aliphatic rings. The van der Waals surface area contributed by atoms with Crippen molar-refractivity contribution >= 4 is 39.9 Å². The Hall–Kier alpha value is -2.10. The van der Waals surface area contributed by atoms with Gasteiger partial charge in [0.05, 0.1) is 11.1 Å². The molecule has 1 aromatic heterocycles. The average Bonchev–Trinajstić information content (AvgIpc) is 2.56. The maximum Gasteiger partial charge on any atom is 0.271 e. The van der Waals surface area contributed by atoms with Crippen molar-refractivity contribution in [2.24, 2.45) is 0 Å². The Labute approximate surface area is 144 Å². The van der Waals surface area contributed by atoms with Gasteiger partial charge in [-0.25, -0.2) is 4.98 Å². The highest BCUT2D eigenvalue weighted by Crippen LogP contribution is 2.25. The smallest absolute Gasteiger partial charge is 0.271 e. The van der Waals surface area contributed by atoms with Crippen molar-refractivity contribution in [2.75, 3.05) is 0 Å². The third kappa shape index (κ3) is 3.31. The van der Waals surface area contributed by atoms with E-state index in [0.29, 0.717) is 0 Å². The molecule has 0 aliphatic heterocycles. The summed E-state index contributed by atoms with van der Waals surface area (Å²) in [4.78, 5) is 16.4. The number of hydrogen-bond donors (Lipinski definition) is 1. The summed E-state index contributed by atoms with van der Waals surface area (Å²) < 4.78 is 0. The van der Waals surface area contributed by atoms with E-state index in [1.807, 2.05) is 49.4 Å². The molecular weight excluding hydrogens is 331 g/mol. The number of aromatic nitrogens is 1. The second kappa shape index (κ2) is 6.57. The monoisotopic (exact) mass is 344 g/mol. The maximum atomic E-state index is 12.4. The predicted molar refractivity (Wildman–Crippen MR) is 94.1 cm³/mol. The predicted octanol–water partition coefficient (Wildman–Crippen LogP) is 5.03. The van der Waals surface area contributed by atoms with Crippen LogP contribution in [0.5, 0.6) is 0 Å². The number of benzene rings is 2. The van der Waals surface area contributed by atoms with E-state index in [1.54, 1.807) is 12.1 Å². The molecule has 3 aromatic rings. The van der Waals surface area contributed by atoms with Gasteiger partial charge in [0.15, 0.2) is 0 Å². The SMILES string of the molecule is CC(NC(=O)c1nc(Cl)ccc1Cl)c1cccc2ccccc12. The Balaban J connectivity index is 1.90. The van der Waals surface area contributed by atoms with E-state index in [2.05, 4.69) is 10.3 Å². The van der Waals surface area contributed by atoms with Gasteiger partial charge in [-0.15, -0.1) is 0 Å². The summed E-state index contributed by atoms with van der Waals surface area (Å²) in [7, 11) is 0. The quantitative estimate of drug-likeness (QED) is 0.676. The second-order valence-electron chi connectivity index (χ2n) is 5.23. The molecule has 1 N–H and O–H groups in total. The Bertz CT molecular complexity index is 875. The number of carbonyl (C=O) groups excluding carboxylic acids is 1. The fraction of sp³-hybridized carbons (Fsp3) is 0.111. The fourth-order valence-electron chi connectivity index (χ4n) is 2.55. The Kier molecular flexibility index (Phi) is 4.51. The third-order valence-electron chi connectivity index (χ3n) is 3.66. The summed E-state index contributed by atoms with van der Waals surface area (Å²) in [5, 5.41) is 5.67. The lowest BCUT2D eigenvalue weighted by Gasteiger charge is -2.17. The van der Waals surface area contributed by atoms with Crippen molar-refractivity contribution < 1.29 is 4.79 Å². The van der Waals surface area contributed by atoms with Crippen molar-refractivity contribution in [2.45, 2.75) is 13.0 Å². The molecule has 2 aromatic carbocycles. The topological polar surface area (TPSA) is 42.0 Å². The van der Waals surface area contributed by atoms with Gasteiger partial charge in [-0.2, -0.15) is 0 Å². The molecule has 0 radical (unpaired) electrons. The molecule has 0 fully saturated rings. The molecule has 0 aliphatic carbocycles. The highest BCUT2D eigenvalue weighted by Gasteiger charge is 2.17. The summed E-state index contributed by atoms with van der Waals surface area (Å²) in [6.45, 7) is 1.93. The zero-order valence-electron chi connectivity index (χ0n) is 12.4. The minimum atomic E-state index is -0.349. The van der Waals surface area contributed by atoms with Crippen LogP contribution in [0.4, 0.5) is 0 Å². The van der Waals surface area contributed by atoms with E-state index in [9.17, 15) is 4.79 Å². The van der Waals surface area contributed by atoms with Crippen molar-refractivity contribution in [3.8, 4) is 0 Å². The van der Waals surface area contributed by atoms with Crippen LogP contribution >= 0.6 is 23.2 Å². The van der Waals surface area contributed by atoms with Crippen LogP contribution in [0, 0.1) is 0 Å². The first-order valence-electron chi connectivity index (χ1n) is 7.17. The van der Waals surface area contributed by atoms with E-state index < -0.39 is 0 Å². The maximum absolute atomic E-state index is 12.4. The van der Waals surface area contributed by atoms with Gasteiger partial charge in [0.2, 0.25) is 0 Å². The molecule has 1 heterocycles. The molecule has 1 amide bonds. The number of halogens is 2. The van der Waals surface area contributed by atoms with E-state index in [4.69, 9.17) is 23.2 Å². The van der Waals surface area contributed by atoms with Gasteiger partial charge in [-0.3, -0.25) is 4.79 Å². The van der Waals surface area contributed by atoms with Gasteiger partial charge >= 0.3 is 0 Å². The highest BCUT2D eigenvalue weighted by atomic mass is 35.5. The zero-order chi connectivity index (χ0) is 16.4. The molecule has 0 saturated carbocycles. The molecule has 116 valence electrons. The lowest BCUT2D eigenvalue weighted by molar-refractivity contribution is 0.0935. The van der Waals surface area contributed by atoms with Gasteiger partial charge in [-0.05, 0) is 35.4 Å². The number of fused-ring (bicyclic) bond motifs is 1. The summed E-state index contributed by atoms with van der Waals surface area (Å²) in [6.07, 6.45) is 0. The molecule has 23 heavy (non-hydrogen) atoms. The number of amides is 1. The van der Waals surface area contributed by atoms with Gasteiger partial charge in [0.1, 0.15) is 10.8 Å². The fourth-order valence-corrected chi connectivity index (χ4v) is 2.89. The minimum absolute atomic E-state index is 0.131. The molecule has 0 spiro atoms. The van der Waals surface area contributed by atoms with Gasteiger partial charge in [-0.1, -0.05) is 65.7 Å². The number of nitrogens with zero attached hydrogens (tertiary/aromatic N) is 1. The van der Waals surface area contributed by atoms with Gasteiger partial charge in [0.25, 0.3) is 5.91 Å². The van der Waals surface area contributed by atoms with Crippen LogP contribution < -0.4 is 5.32 Å². The molecule has 3 nitrogen and oxygen atoms in total. The number of hydrogen-bond acceptors (Lipinski definition) is 2. The van der Waals surface area contributed by atoms with Gasteiger partial charge in [0, 0.05) is 0 Å². The van der Waals surface area contributed by atoms with Crippen LogP contribution in [0.2, 0.25) is 10.2 Å². The van der Waals surface area contributed by atoms with E-state index in [-0.39, 0.29) is 27.8 Å². The van der Waals surface area contributed by atoms with Crippen LogP contribution in [-0.2, 0) is 0 Å². The summed E-state index contributed by atoms with van der Waals surface area (Å²) >= 11 is 11.9. The normalized spacial score (nSPS) is 12.1. The number of carbonyl (C=O) groups is 1. The first-order valence-corrected chi connectivity index (χ1v) is 7.92. The second-order valence-corrected chi connectivity index (χ2v) is 6.02. The number of nitrogens with one attached hydrogen (secondary N) is 1. The lowest BCUT2D eigenvalue weighted by Crippen LogP contribution is -2.27. The van der Waals surface area contributed by atoms with E-state index in [0.717, 1.165) is 16.3 Å². The van der Waals surface area contributed by atoms with Crippen LogP contribution in [-0.4, -0.2) is 10.9 Å². The Morgan fingerprint density at radius 2 is 1.78 bits per heavy atom. The van der Waals surface area contributed by atoms with Crippen LogP contribution in [0.15, 0.2) is 54.6 Å². The largest absolute Gasteiger partial charge is 0.344 e. The summed E-state index contributed by atoms with van der Waals surface area (Å²) in [5.41, 5.74) is 1.17. The van der Waals surface area contributed by atoms with Crippen molar-refractivity contribution in [3.05, 3.63) is 76.0 Å². The minimum Gasteiger partial charge on any atom is -0.344 e. The number of pyridine rings is 1.